The van der Waals surface area contributed by atoms with Crippen LogP contribution in [0.2, 0.25) is 0 Å². The summed E-state index contributed by atoms with van der Waals surface area (Å²) in [6.45, 7) is 0. The number of benzene rings is 2. The third kappa shape index (κ3) is 3.49. The van der Waals surface area contributed by atoms with Gasteiger partial charge in [-0.25, -0.2) is 4.79 Å². The molecule has 94 valence electrons. The Morgan fingerprint density at radius 3 is 2.37 bits per heavy atom. The summed E-state index contributed by atoms with van der Waals surface area (Å²) in [5.41, 5.74) is 0.220. The lowest BCUT2D eigenvalue weighted by molar-refractivity contribution is 0.0696. The Morgan fingerprint density at radius 2 is 1.79 bits per heavy atom. The van der Waals surface area contributed by atoms with Crippen LogP contribution >= 0.6 is 34.4 Å². The van der Waals surface area contributed by atoms with Crippen molar-refractivity contribution in [3.05, 3.63) is 57.2 Å². The Balaban J connectivity index is 2.31. The van der Waals surface area contributed by atoms with Crippen molar-refractivity contribution >= 4 is 40.3 Å². The maximum Gasteiger partial charge on any atom is 0.337 e. The van der Waals surface area contributed by atoms with Gasteiger partial charge in [-0.3, -0.25) is 0 Å². The second-order valence-corrected chi connectivity index (χ2v) is 6.07. The molecule has 1 N–H and O–H groups in total. The number of nitriles is 1. The van der Waals surface area contributed by atoms with Crippen molar-refractivity contribution < 1.29 is 9.90 Å². The first kappa shape index (κ1) is 13.9. The average Bonchev–Trinajstić information content (AvgIpc) is 2.41. The van der Waals surface area contributed by atoms with E-state index in [1.807, 2.05) is 30.3 Å². The summed E-state index contributed by atoms with van der Waals surface area (Å²) >= 11 is 3.70. The minimum Gasteiger partial charge on any atom is -0.478 e. The zero-order valence-corrected chi connectivity index (χ0v) is 12.6. The quantitative estimate of drug-likeness (QED) is 0.817. The molecule has 0 fully saturated rings. The third-order valence-electron chi connectivity index (χ3n) is 2.39. The van der Waals surface area contributed by atoms with Crippen LogP contribution in [0.15, 0.2) is 52.3 Å². The van der Waals surface area contributed by atoms with E-state index in [2.05, 4.69) is 22.6 Å². The zero-order chi connectivity index (χ0) is 13.8. The fraction of sp³-hybridized carbons (Fsp3) is 0. The molecule has 0 heterocycles. The smallest absolute Gasteiger partial charge is 0.337 e. The van der Waals surface area contributed by atoms with Crippen LogP contribution in [0.3, 0.4) is 0 Å². The van der Waals surface area contributed by atoms with E-state index in [0.717, 1.165) is 13.4 Å². The lowest BCUT2D eigenvalue weighted by Gasteiger charge is -2.04. The highest BCUT2D eigenvalue weighted by Crippen LogP contribution is 2.29. The number of rotatable bonds is 3. The van der Waals surface area contributed by atoms with Crippen molar-refractivity contribution in [2.24, 2.45) is 0 Å². The third-order valence-corrected chi connectivity index (χ3v) is 4.11. The highest BCUT2D eigenvalue weighted by molar-refractivity contribution is 14.1. The van der Waals surface area contributed by atoms with Crippen LogP contribution in [-0.2, 0) is 0 Å². The summed E-state index contributed by atoms with van der Waals surface area (Å²) in [5, 5.41) is 17.9. The molecule has 0 amide bonds. The molecule has 5 heteroatoms. The molecule has 2 aromatic rings. The first-order valence-corrected chi connectivity index (χ1v) is 7.20. The van der Waals surface area contributed by atoms with E-state index in [1.54, 1.807) is 12.1 Å². The number of hydrogen-bond acceptors (Lipinski definition) is 3. The van der Waals surface area contributed by atoms with Crippen molar-refractivity contribution in [3.8, 4) is 6.07 Å². The molecule has 0 atom stereocenters. The zero-order valence-electron chi connectivity index (χ0n) is 9.63. The van der Waals surface area contributed by atoms with E-state index in [4.69, 9.17) is 10.4 Å². The van der Waals surface area contributed by atoms with Crippen LogP contribution in [0.4, 0.5) is 0 Å². The summed E-state index contributed by atoms with van der Waals surface area (Å²) in [6.07, 6.45) is 0. The molecule has 0 aliphatic rings. The summed E-state index contributed by atoms with van der Waals surface area (Å²) in [7, 11) is 0. The molecular formula is C14H8INO2S. The van der Waals surface area contributed by atoms with Crippen molar-refractivity contribution in [1.82, 2.24) is 0 Å². The van der Waals surface area contributed by atoms with Crippen LogP contribution < -0.4 is 0 Å². The second-order valence-electron chi connectivity index (χ2n) is 3.68. The Bertz CT molecular complexity index is 662. The van der Waals surface area contributed by atoms with Gasteiger partial charge >= 0.3 is 5.97 Å². The molecule has 0 aliphatic carbocycles. The fourth-order valence-electron chi connectivity index (χ4n) is 1.50. The predicted octanol–water partition coefficient (Wildman–Crippen LogP) is 4.01. The molecule has 2 aromatic carbocycles. The van der Waals surface area contributed by atoms with Gasteiger partial charge in [0.25, 0.3) is 0 Å². The van der Waals surface area contributed by atoms with Gasteiger partial charge < -0.3 is 5.11 Å². The number of carboxylic acid groups (broad SMARTS) is 1. The largest absolute Gasteiger partial charge is 0.478 e. The Hall–Kier alpha value is -1.52. The van der Waals surface area contributed by atoms with Gasteiger partial charge in [-0.1, -0.05) is 11.8 Å². The number of carboxylic acids is 1. The first-order valence-electron chi connectivity index (χ1n) is 5.31. The van der Waals surface area contributed by atoms with Gasteiger partial charge in [0.15, 0.2) is 0 Å². The van der Waals surface area contributed by atoms with Crippen molar-refractivity contribution in [2.45, 2.75) is 9.79 Å². The van der Waals surface area contributed by atoms with Gasteiger partial charge in [0.05, 0.1) is 11.1 Å². The summed E-state index contributed by atoms with van der Waals surface area (Å²) in [6, 6.07) is 14.6. The monoisotopic (exact) mass is 381 g/mol. The molecule has 19 heavy (non-hydrogen) atoms. The molecule has 2 rings (SSSR count). The lowest BCUT2D eigenvalue weighted by Crippen LogP contribution is -2.00. The number of nitrogens with zero attached hydrogens (tertiary/aromatic N) is 1. The van der Waals surface area contributed by atoms with Crippen LogP contribution in [0.5, 0.6) is 0 Å². The minimum absolute atomic E-state index is 0.0398. The van der Waals surface area contributed by atoms with Crippen LogP contribution in [0.25, 0.3) is 0 Å². The van der Waals surface area contributed by atoms with E-state index < -0.39 is 5.97 Å². The number of carbonyl (C=O) groups is 1. The molecule has 0 aromatic heterocycles. The van der Waals surface area contributed by atoms with E-state index in [-0.39, 0.29) is 11.1 Å². The fourth-order valence-corrected chi connectivity index (χ4v) is 2.72. The number of halogens is 1. The van der Waals surface area contributed by atoms with E-state index in [0.29, 0.717) is 0 Å². The van der Waals surface area contributed by atoms with E-state index >= 15 is 0 Å². The predicted molar refractivity (Wildman–Crippen MR) is 81.4 cm³/mol. The topological polar surface area (TPSA) is 61.1 Å². The SMILES string of the molecule is N#Cc1ccc(Sc2ccc(I)cc2)cc1C(=O)O. The Kier molecular flexibility index (Phi) is 4.45. The summed E-state index contributed by atoms with van der Waals surface area (Å²) in [5.74, 6) is -1.08. The highest BCUT2D eigenvalue weighted by Gasteiger charge is 2.11. The molecular weight excluding hydrogens is 373 g/mol. The van der Waals surface area contributed by atoms with Gasteiger partial charge in [-0.2, -0.15) is 5.26 Å². The highest BCUT2D eigenvalue weighted by atomic mass is 127. The molecule has 0 bridgehead atoms. The Morgan fingerprint density at radius 1 is 1.16 bits per heavy atom. The molecule has 0 spiro atoms. The van der Waals surface area contributed by atoms with Gasteiger partial charge in [0, 0.05) is 13.4 Å². The van der Waals surface area contributed by atoms with Gasteiger partial charge in [-0.05, 0) is 65.1 Å². The standard InChI is InChI=1S/C14H8INO2S/c15-10-2-5-11(6-3-10)19-12-4-1-9(8-16)13(7-12)14(17)18/h1-7H,(H,17,18). The van der Waals surface area contributed by atoms with E-state index in [9.17, 15) is 4.79 Å². The second kappa shape index (κ2) is 6.08. The normalized spacial score (nSPS) is 9.89. The molecule has 0 saturated heterocycles. The molecule has 0 unspecified atom stereocenters. The molecule has 3 nitrogen and oxygen atoms in total. The molecule has 0 aliphatic heterocycles. The Labute approximate surface area is 128 Å². The number of aromatic carboxylic acids is 1. The van der Waals surface area contributed by atoms with Crippen LogP contribution in [0.1, 0.15) is 15.9 Å². The lowest BCUT2D eigenvalue weighted by atomic mass is 10.1. The maximum absolute atomic E-state index is 11.1. The molecule has 0 saturated carbocycles. The van der Waals surface area contributed by atoms with Gasteiger partial charge in [0.1, 0.15) is 6.07 Å². The summed E-state index contributed by atoms with van der Waals surface area (Å²) < 4.78 is 1.15. The van der Waals surface area contributed by atoms with Crippen molar-refractivity contribution in [3.63, 3.8) is 0 Å². The summed E-state index contributed by atoms with van der Waals surface area (Å²) in [4.78, 5) is 12.9. The van der Waals surface area contributed by atoms with Gasteiger partial charge in [0.2, 0.25) is 0 Å². The van der Waals surface area contributed by atoms with Crippen LogP contribution in [0, 0.1) is 14.9 Å². The average molecular weight is 381 g/mol. The minimum atomic E-state index is -1.08. The van der Waals surface area contributed by atoms with Crippen molar-refractivity contribution in [2.75, 3.05) is 0 Å². The van der Waals surface area contributed by atoms with Crippen molar-refractivity contribution in [1.29, 1.82) is 5.26 Å². The maximum atomic E-state index is 11.1. The molecule has 0 radical (unpaired) electrons. The first-order chi connectivity index (χ1) is 9.10. The van der Waals surface area contributed by atoms with Gasteiger partial charge in [-0.15, -0.1) is 0 Å². The van der Waals surface area contributed by atoms with Crippen LogP contribution in [-0.4, -0.2) is 11.1 Å². The number of hydrogen-bond donors (Lipinski definition) is 1. The van der Waals surface area contributed by atoms with E-state index in [1.165, 1.54) is 17.8 Å².